The Kier molecular flexibility index (Phi) is 6.82. The smallest absolute Gasteiger partial charge is 0.255 e. The van der Waals surface area contributed by atoms with E-state index in [1.54, 1.807) is 4.90 Å². The van der Waals surface area contributed by atoms with Gasteiger partial charge in [0.2, 0.25) is 0 Å². The van der Waals surface area contributed by atoms with E-state index in [-0.39, 0.29) is 5.91 Å². The molecule has 1 saturated heterocycles. The summed E-state index contributed by atoms with van der Waals surface area (Å²) >= 11 is 0. The number of carbonyl (C=O) groups is 1. The third-order valence-corrected chi connectivity index (χ3v) is 6.27. The van der Waals surface area contributed by atoms with Crippen molar-refractivity contribution in [3.63, 3.8) is 0 Å². The predicted molar refractivity (Wildman–Crippen MR) is 123 cm³/mol. The highest BCUT2D eigenvalue weighted by Crippen LogP contribution is 2.15. The van der Waals surface area contributed by atoms with Gasteiger partial charge in [0.1, 0.15) is 6.54 Å². The van der Waals surface area contributed by atoms with Crippen LogP contribution in [0.4, 0.5) is 0 Å². The first kappa shape index (κ1) is 21.3. The summed E-state index contributed by atoms with van der Waals surface area (Å²) < 4.78 is 1.91. The number of amides is 1. The van der Waals surface area contributed by atoms with Crippen LogP contribution in [0.25, 0.3) is 0 Å². The van der Waals surface area contributed by atoms with Gasteiger partial charge in [0.05, 0.1) is 30.9 Å². The fourth-order valence-electron chi connectivity index (χ4n) is 4.50. The largest absolute Gasteiger partial charge is 0.348 e. The number of nitrogens with one attached hydrogen (secondary N) is 2. The first-order chi connectivity index (χ1) is 15.1. The summed E-state index contributed by atoms with van der Waals surface area (Å²) in [5.74, 6) is -0.0591. The van der Waals surface area contributed by atoms with Crippen LogP contribution in [0.3, 0.4) is 0 Å². The number of quaternary nitrogens is 1. The summed E-state index contributed by atoms with van der Waals surface area (Å²) in [6.45, 7) is 8.74. The molecule has 31 heavy (non-hydrogen) atoms. The summed E-state index contributed by atoms with van der Waals surface area (Å²) in [5, 5.41) is 7.68. The molecule has 0 spiro atoms. The molecule has 1 aliphatic rings. The number of likely N-dealkylation sites (tertiary alicyclic amines) is 1. The molecule has 5 heteroatoms. The molecule has 0 unspecified atom stereocenters. The number of nitrogens with zero attached hydrogens (tertiary/aromatic N) is 2. The van der Waals surface area contributed by atoms with Crippen molar-refractivity contribution in [1.82, 2.24) is 15.1 Å². The number of piperidine rings is 1. The first-order valence-corrected chi connectivity index (χ1v) is 11.4. The van der Waals surface area contributed by atoms with Crippen molar-refractivity contribution in [2.75, 3.05) is 13.1 Å². The van der Waals surface area contributed by atoms with E-state index in [1.165, 1.54) is 43.5 Å². The lowest BCUT2D eigenvalue weighted by molar-refractivity contribution is -0.918. The molecule has 162 valence electrons. The van der Waals surface area contributed by atoms with Gasteiger partial charge in [-0.05, 0) is 44.2 Å². The number of benzene rings is 2. The molecule has 2 heterocycles. The topological polar surface area (TPSA) is 51.4 Å². The number of hydrogen-bond donors (Lipinski definition) is 2. The summed E-state index contributed by atoms with van der Waals surface area (Å²) in [5.41, 5.74) is 6.02. The van der Waals surface area contributed by atoms with Crippen molar-refractivity contribution >= 4 is 5.91 Å². The molecule has 1 fully saturated rings. The standard InChI is InChI=1S/C26H32N4O/c1-20-25(21(2)30(28-20)19-23-9-5-3-6-10-23)26(31)27-17-22-11-13-24(14-12-22)18-29-15-7-4-8-16-29/h3,5-6,9-14H,4,7-8,15-19H2,1-2H3,(H,27,31)/p+1. The van der Waals surface area contributed by atoms with Crippen molar-refractivity contribution in [2.45, 2.75) is 52.7 Å². The summed E-state index contributed by atoms with van der Waals surface area (Å²) in [6, 6.07) is 18.9. The highest BCUT2D eigenvalue weighted by atomic mass is 16.1. The Bertz CT molecular complexity index is 1000. The molecule has 1 aromatic heterocycles. The van der Waals surface area contributed by atoms with E-state index >= 15 is 0 Å². The monoisotopic (exact) mass is 417 g/mol. The average molecular weight is 418 g/mol. The van der Waals surface area contributed by atoms with Gasteiger partial charge < -0.3 is 10.2 Å². The van der Waals surface area contributed by atoms with Crippen LogP contribution >= 0.6 is 0 Å². The van der Waals surface area contributed by atoms with Crippen LogP contribution in [0, 0.1) is 13.8 Å². The molecule has 0 radical (unpaired) electrons. The number of carbonyl (C=O) groups excluding carboxylic acids is 1. The van der Waals surface area contributed by atoms with Gasteiger partial charge in [0, 0.05) is 17.8 Å². The molecular formula is C26H33N4O+. The van der Waals surface area contributed by atoms with Crippen molar-refractivity contribution in [3.8, 4) is 0 Å². The molecule has 0 atom stereocenters. The molecule has 3 aromatic rings. The van der Waals surface area contributed by atoms with E-state index in [0.29, 0.717) is 18.7 Å². The normalized spacial score (nSPS) is 14.5. The maximum atomic E-state index is 12.9. The maximum Gasteiger partial charge on any atom is 0.255 e. The Balaban J connectivity index is 1.35. The second-order valence-electron chi connectivity index (χ2n) is 8.68. The van der Waals surface area contributed by atoms with Gasteiger partial charge >= 0.3 is 0 Å². The lowest BCUT2D eigenvalue weighted by Gasteiger charge is -2.23. The molecule has 0 saturated carbocycles. The van der Waals surface area contributed by atoms with Crippen LogP contribution in [0.5, 0.6) is 0 Å². The number of rotatable bonds is 7. The van der Waals surface area contributed by atoms with Gasteiger partial charge in [-0.25, -0.2) is 0 Å². The van der Waals surface area contributed by atoms with Gasteiger partial charge in [0.25, 0.3) is 5.91 Å². The minimum atomic E-state index is -0.0591. The summed E-state index contributed by atoms with van der Waals surface area (Å²) in [6.07, 6.45) is 4.08. The quantitative estimate of drug-likeness (QED) is 0.621. The molecule has 5 nitrogen and oxygen atoms in total. The average Bonchev–Trinajstić information content (AvgIpc) is 3.07. The minimum Gasteiger partial charge on any atom is -0.348 e. The molecule has 0 aliphatic carbocycles. The number of hydrogen-bond acceptors (Lipinski definition) is 2. The van der Waals surface area contributed by atoms with Crippen molar-refractivity contribution in [3.05, 3.63) is 88.2 Å². The van der Waals surface area contributed by atoms with E-state index in [0.717, 1.165) is 23.5 Å². The maximum absolute atomic E-state index is 12.9. The zero-order valence-corrected chi connectivity index (χ0v) is 18.7. The van der Waals surface area contributed by atoms with Crippen molar-refractivity contribution in [2.24, 2.45) is 0 Å². The van der Waals surface area contributed by atoms with Crippen LogP contribution < -0.4 is 10.2 Å². The second kappa shape index (κ2) is 9.92. The molecular weight excluding hydrogens is 384 g/mol. The molecule has 1 amide bonds. The molecule has 2 N–H and O–H groups in total. The van der Waals surface area contributed by atoms with E-state index in [2.05, 4.69) is 46.8 Å². The van der Waals surface area contributed by atoms with Crippen LogP contribution in [0.2, 0.25) is 0 Å². The van der Waals surface area contributed by atoms with E-state index in [1.807, 2.05) is 36.7 Å². The van der Waals surface area contributed by atoms with Gasteiger partial charge in [0.15, 0.2) is 0 Å². The van der Waals surface area contributed by atoms with E-state index < -0.39 is 0 Å². The van der Waals surface area contributed by atoms with Crippen LogP contribution in [0.15, 0.2) is 54.6 Å². The Morgan fingerprint density at radius 2 is 1.61 bits per heavy atom. The van der Waals surface area contributed by atoms with Crippen LogP contribution in [-0.2, 0) is 19.6 Å². The number of aromatic nitrogens is 2. The zero-order chi connectivity index (χ0) is 21.6. The third-order valence-electron chi connectivity index (χ3n) is 6.27. The SMILES string of the molecule is Cc1nn(Cc2ccccc2)c(C)c1C(=O)NCc1ccc(C[NH+]2CCCCC2)cc1. The van der Waals surface area contributed by atoms with Gasteiger partial charge in [-0.3, -0.25) is 9.48 Å². The predicted octanol–water partition coefficient (Wildman–Crippen LogP) is 3.05. The number of aryl methyl sites for hydroxylation is 1. The van der Waals surface area contributed by atoms with Crippen molar-refractivity contribution < 1.29 is 9.69 Å². The lowest BCUT2D eigenvalue weighted by Crippen LogP contribution is -3.11. The Morgan fingerprint density at radius 1 is 0.935 bits per heavy atom. The van der Waals surface area contributed by atoms with Crippen LogP contribution in [-0.4, -0.2) is 28.8 Å². The van der Waals surface area contributed by atoms with Gasteiger partial charge in [-0.2, -0.15) is 5.10 Å². The van der Waals surface area contributed by atoms with Crippen LogP contribution in [0.1, 0.15) is 57.7 Å². The Labute approximate surface area is 185 Å². The Hall–Kier alpha value is -2.92. The summed E-state index contributed by atoms with van der Waals surface area (Å²) in [4.78, 5) is 14.6. The molecule has 4 rings (SSSR count). The molecule has 0 bridgehead atoms. The van der Waals surface area contributed by atoms with Crippen molar-refractivity contribution in [1.29, 1.82) is 0 Å². The third kappa shape index (κ3) is 5.42. The fourth-order valence-corrected chi connectivity index (χ4v) is 4.50. The van der Waals surface area contributed by atoms with Gasteiger partial charge in [-0.15, -0.1) is 0 Å². The second-order valence-corrected chi connectivity index (χ2v) is 8.68. The highest BCUT2D eigenvalue weighted by molar-refractivity contribution is 5.96. The summed E-state index contributed by atoms with van der Waals surface area (Å²) in [7, 11) is 0. The zero-order valence-electron chi connectivity index (χ0n) is 18.7. The Morgan fingerprint density at radius 3 is 2.32 bits per heavy atom. The molecule has 2 aromatic carbocycles. The lowest BCUT2D eigenvalue weighted by atomic mass is 10.1. The minimum absolute atomic E-state index is 0.0591. The van der Waals surface area contributed by atoms with E-state index in [4.69, 9.17) is 0 Å². The fraction of sp³-hybridized carbons (Fsp3) is 0.385. The molecule has 1 aliphatic heterocycles. The van der Waals surface area contributed by atoms with E-state index in [9.17, 15) is 4.79 Å². The highest BCUT2D eigenvalue weighted by Gasteiger charge is 2.19. The first-order valence-electron chi connectivity index (χ1n) is 11.4. The van der Waals surface area contributed by atoms with Gasteiger partial charge in [-0.1, -0.05) is 54.6 Å².